The van der Waals surface area contributed by atoms with Gasteiger partial charge in [0.1, 0.15) is 0 Å². The quantitative estimate of drug-likeness (QED) is 0.226. The third-order valence-electron chi connectivity index (χ3n) is 5.14. The van der Waals surface area contributed by atoms with Crippen LogP contribution < -0.4 is 10.6 Å². The number of aliphatic imine (C=N–C) groups is 1. The van der Waals surface area contributed by atoms with Gasteiger partial charge in [-0.25, -0.2) is 0 Å². The summed E-state index contributed by atoms with van der Waals surface area (Å²) >= 11 is 0. The van der Waals surface area contributed by atoms with Crippen molar-refractivity contribution in [2.24, 2.45) is 4.99 Å². The van der Waals surface area contributed by atoms with Crippen LogP contribution in [0.2, 0.25) is 0 Å². The van der Waals surface area contributed by atoms with Gasteiger partial charge in [-0.3, -0.25) is 9.89 Å². The van der Waals surface area contributed by atoms with Gasteiger partial charge in [0.2, 0.25) is 0 Å². The van der Waals surface area contributed by atoms with Crippen LogP contribution in [0.15, 0.2) is 29.3 Å². The minimum Gasteiger partial charge on any atom is -0.379 e. The third-order valence-corrected chi connectivity index (χ3v) is 5.14. The van der Waals surface area contributed by atoms with Crippen LogP contribution in [0.5, 0.6) is 0 Å². The number of halogens is 1. The highest BCUT2D eigenvalue weighted by molar-refractivity contribution is 14.0. The lowest BCUT2D eigenvalue weighted by molar-refractivity contribution is 0.0341. The summed E-state index contributed by atoms with van der Waals surface area (Å²) in [5.41, 5.74) is 2.67. The maximum Gasteiger partial charge on any atom is 0.191 e. The zero-order valence-corrected chi connectivity index (χ0v) is 19.7. The van der Waals surface area contributed by atoms with Crippen molar-refractivity contribution in [2.75, 3.05) is 59.7 Å². The molecule has 1 unspecified atom stereocenters. The zero-order valence-electron chi connectivity index (χ0n) is 17.4. The van der Waals surface area contributed by atoms with Crippen LogP contribution in [0, 0.1) is 0 Å². The molecule has 0 amide bonds. The summed E-state index contributed by atoms with van der Waals surface area (Å²) < 4.78 is 16.6. The molecule has 0 spiro atoms. The highest BCUT2D eigenvalue weighted by atomic mass is 127. The molecule has 1 aromatic rings. The first kappa shape index (κ1) is 24.3. The van der Waals surface area contributed by atoms with E-state index < -0.39 is 0 Å². The molecule has 7 nitrogen and oxygen atoms in total. The third kappa shape index (κ3) is 8.75. The van der Waals surface area contributed by atoms with Gasteiger partial charge in [0, 0.05) is 53.0 Å². The number of ether oxygens (including phenoxy) is 3. The first-order chi connectivity index (χ1) is 13.8. The number of morpholine rings is 1. The average Bonchev–Trinajstić information content (AvgIpc) is 3.25. The molecule has 0 aromatic heterocycles. The van der Waals surface area contributed by atoms with Crippen molar-refractivity contribution in [3.8, 4) is 0 Å². The second-order valence-corrected chi connectivity index (χ2v) is 7.22. The Hall–Kier alpha value is -0.940. The lowest BCUT2D eigenvalue weighted by Gasteiger charge is -2.27. The molecular weight excluding hydrogens is 483 g/mol. The van der Waals surface area contributed by atoms with Gasteiger partial charge in [-0.1, -0.05) is 24.3 Å². The number of nitrogens with zero attached hydrogens (tertiary/aromatic N) is 2. The second kappa shape index (κ2) is 14.1. The highest BCUT2D eigenvalue weighted by Crippen LogP contribution is 2.13. The molecule has 2 saturated heterocycles. The van der Waals surface area contributed by atoms with Gasteiger partial charge in [0.15, 0.2) is 5.96 Å². The summed E-state index contributed by atoms with van der Waals surface area (Å²) in [6.45, 7) is 8.53. The Morgan fingerprint density at radius 1 is 1.14 bits per heavy atom. The van der Waals surface area contributed by atoms with Crippen LogP contribution >= 0.6 is 24.0 Å². The second-order valence-electron chi connectivity index (χ2n) is 7.22. The SMILES string of the molecule is CN=C(NCCCOC1CCOC1)NCc1ccccc1CN1CCOCC1.I. The fourth-order valence-corrected chi connectivity index (χ4v) is 3.46. The molecule has 0 bridgehead atoms. The van der Waals surface area contributed by atoms with Crippen LogP contribution in [-0.4, -0.2) is 76.7 Å². The van der Waals surface area contributed by atoms with Crippen LogP contribution in [-0.2, 0) is 27.3 Å². The predicted molar refractivity (Wildman–Crippen MR) is 126 cm³/mol. The summed E-state index contributed by atoms with van der Waals surface area (Å²) in [6.07, 6.45) is 2.24. The Morgan fingerprint density at radius 3 is 2.66 bits per heavy atom. The van der Waals surface area contributed by atoms with Gasteiger partial charge in [0.25, 0.3) is 0 Å². The van der Waals surface area contributed by atoms with Gasteiger partial charge < -0.3 is 24.8 Å². The van der Waals surface area contributed by atoms with Gasteiger partial charge in [-0.05, 0) is 24.0 Å². The minimum absolute atomic E-state index is 0. The molecule has 0 saturated carbocycles. The Morgan fingerprint density at radius 2 is 1.93 bits per heavy atom. The number of guanidine groups is 1. The molecule has 2 fully saturated rings. The molecule has 2 N–H and O–H groups in total. The van der Waals surface area contributed by atoms with Gasteiger partial charge in [-0.2, -0.15) is 0 Å². The van der Waals surface area contributed by atoms with E-state index in [4.69, 9.17) is 14.2 Å². The molecular formula is C21H35IN4O3. The zero-order chi connectivity index (χ0) is 19.4. The maximum absolute atomic E-state index is 5.80. The van der Waals surface area contributed by atoms with Crippen LogP contribution in [0.3, 0.4) is 0 Å². The first-order valence-corrected chi connectivity index (χ1v) is 10.4. The van der Waals surface area contributed by atoms with E-state index in [2.05, 4.69) is 44.8 Å². The summed E-state index contributed by atoms with van der Waals surface area (Å²) in [5.74, 6) is 0.824. The Kier molecular flexibility index (Phi) is 11.9. The normalized spacial score (nSPS) is 20.3. The van der Waals surface area contributed by atoms with Crippen molar-refractivity contribution in [3.63, 3.8) is 0 Å². The Bertz CT molecular complexity index is 605. The van der Waals surface area contributed by atoms with Crippen molar-refractivity contribution < 1.29 is 14.2 Å². The predicted octanol–water partition coefficient (Wildman–Crippen LogP) is 2.00. The molecule has 3 rings (SSSR count). The standard InChI is InChI=1S/C21H34N4O3.HI/c1-22-21(23-8-4-11-28-20-7-12-27-17-20)24-15-18-5-2-3-6-19(18)16-25-9-13-26-14-10-25;/h2-3,5-6,20H,4,7-17H2,1H3,(H2,22,23,24);1H. The fraction of sp³-hybridized carbons (Fsp3) is 0.667. The summed E-state index contributed by atoms with van der Waals surface area (Å²) in [6, 6.07) is 8.61. The minimum atomic E-state index is 0. The number of hydrogen-bond acceptors (Lipinski definition) is 5. The fourth-order valence-electron chi connectivity index (χ4n) is 3.46. The molecule has 164 valence electrons. The summed E-state index contributed by atoms with van der Waals surface area (Å²) in [5, 5.41) is 6.80. The first-order valence-electron chi connectivity index (χ1n) is 10.4. The number of hydrogen-bond donors (Lipinski definition) is 2. The molecule has 1 aromatic carbocycles. The van der Waals surface area contributed by atoms with Crippen LogP contribution in [0.1, 0.15) is 24.0 Å². The largest absolute Gasteiger partial charge is 0.379 e. The smallest absolute Gasteiger partial charge is 0.191 e. The summed E-state index contributed by atoms with van der Waals surface area (Å²) in [7, 11) is 1.81. The molecule has 0 radical (unpaired) electrons. The lowest BCUT2D eigenvalue weighted by atomic mass is 10.1. The van der Waals surface area contributed by atoms with E-state index in [0.29, 0.717) is 0 Å². The van der Waals surface area contributed by atoms with Crippen molar-refractivity contribution in [1.29, 1.82) is 0 Å². The molecule has 1 atom stereocenters. The van der Waals surface area contributed by atoms with Gasteiger partial charge in [0.05, 0.1) is 25.9 Å². The number of rotatable bonds is 9. The van der Waals surface area contributed by atoms with Crippen molar-refractivity contribution in [1.82, 2.24) is 15.5 Å². The Balaban J connectivity index is 0.00000300. The number of benzene rings is 1. The molecule has 0 aliphatic carbocycles. The van der Waals surface area contributed by atoms with Gasteiger partial charge >= 0.3 is 0 Å². The average molecular weight is 518 g/mol. The van der Waals surface area contributed by atoms with Crippen molar-refractivity contribution >= 4 is 29.9 Å². The number of nitrogens with one attached hydrogen (secondary N) is 2. The van der Waals surface area contributed by atoms with E-state index in [0.717, 1.165) is 84.6 Å². The summed E-state index contributed by atoms with van der Waals surface area (Å²) in [4.78, 5) is 6.78. The molecule has 2 aliphatic rings. The van der Waals surface area contributed by atoms with E-state index in [1.807, 2.05) is 0 Å². The van der Waals surface area contributed by atoms with E-state index >= 15 is 0 Å². The van der Waals surface area contributed by atoms with E-state index in [1.54, 1.807) is 7.05 Å². The maximum atomic E-state index is 5.80. The van der Waals surface area contributed by atoms with Crippen molar-refractivity contribution in [2.45, 2.75) is 32.0 Å². The van der Waals surface area contributed by atoms with E-state index in [-0.39, 0.29) is 30.1 Å². The molecule has 2 heterocycles. The Labute approximate surface area is 191 Å². The topological polar surface area (TPSA) is 67.4 Å². The highest BCUT2D eigenvalue weighted by Gasteiger charge is 2.15. The van der Waals surface area contributed by atoms with Crippen LogP contribution in [0.25, 0.3) is 0 Å². The van der Waals surface area contributed by atoms with Crippen LogP contribution in [0.4, 0.5) is 0 Å². The molecule has 8 heteroatoms. The molecule has 29 heavy (non-hydrogen) atoms. The lowest BCUT2D eigenvalue weighted by Crippen LogP contribution is -2.38. The van der Waals surface area contributed by atoms with Gasteiger partial charge in [-0.15, -0.1) is 24.0 Å². The van der Waals surface area contributed by atoms with E-state index in [9.17, 15) is 0 Å². The molecule has 2 aliphatic heterocycles. The van der Waals surface area contributed by atoms with Crippen molar-refractivity contribution in [3.05, 3.63) is 35.4 Å². The monoisotopic (exact) mass is 518 g/mol. The van der Waals surface area contributed by atoms with E-state index in [1.165, 1.54) is 11.1 Å².